The summed E-state index contributed by atoms with van der Waals surface area (Å²) in [7, 11) is 8.48. The van der Waals surface area contributed by atoms with Gasteiger partial charge in [0.25, 0.3) is 0 Å². The summed E-state index contributed by atoms with van der Waals surface area (Å²) in [6, 6.07) is 0. The van der Waals surface area contributed by atoms with E-state index in [1.54, 1.807) is 51.1 Å². The Morgan fingerprint density at radius 2 is 2.12 bits per heavy atom. The van der Waals surface area contributed by atoms with Gasteiger partial charge in [-0.1, -0.05) is 10.8 Å². The first-order valence-electron chi connectivity index (χ1n) is 1.68. The van der Waals surface area contributed by atoms with Crippen molar-refractivity contribution in [2.45, 2.75) is 0 Å². The van der Waals surface area contributed by atoms with Crippen LogP contribution in [0.4, 0.5) is 0 Å². The van der Waals surface area contributed by atoms with E-state index in [1.165, 1.54) is 0 Å². The van der Waals surface area contributed by atoms with Crippen molar-refractivity contribution in [1.29, 1.82) is 0 Å². The summed E-state index contributed by atoms with van der Waals surface area (Å²) in [5, 5.41) is 2.86. The summed E-state index contributed by atoms with van der Waals surface area (Å²) in [5.41, 5.74) is 5.49. The van der Waals surface area contributed by atoms with Crippen LogP contribution in [0.25, 0.3) is 0 Å². The predicted octanol–water partition coefficient (Wildman–Crippen LogP) is 3.08. The van der Waals surface area contributed by atoms with Crippen LogP contribution in [0.2, 0.25) is 0 Å². The zero-order valence-electron chi connectivity index (χ0n) is 3.70. The second-order valence-corrected chi connectivity index (χ2v) is 8.35. The van der Waals surface area contributed by atoms with Crippen LogP contribution in [0.5, 0.6) is 0 Å². The van der Waals surface area contributed by atoms with Gasteiger partial charge in [0.1, 0.15) is 0 Å². The van der Waals surface area contributed by atoms with Crippen molar-refractivity contribution in [1.82, 2.24) is 0 Å². The lowest BCUT2D eigenvalue weighted by atomic mass is 11.1. The molecule has 0 spiro atoms. The average Bonchev–Trinajstić information content (AvgIpc) is 1.94. The van der Waals surface area contributed by atoms with Gasteiger partial charge < -0.3 is 5.73 Å². The van der Waals surface area contributed by atoms with Crippen molar-refractivity contribution in [3.05, 3.63) is 10.4 Å². The molecular formula is C2H3NS5. The molecule has 1 heterocycles. The summed E-state index contributed by atoms with van der Waals surface area (Å²) in [6.45, 7) is 0. The second-order valence-electron chi connectivity index (χ2n) is 0.904. The van der Waals surface area contributed by atoms with Crippen molar-refractivity contribution in [3.8, 4) is 0 Å². The molecule has 0 aromatic carbocycles. The van der Waals surface area contributed by atoms with Crippen LogP contribution in [0.15, 0.2) is 10.4 Å². The van der Waals surface area contributed by atoms with Gasteiger partial charge >= 0.3 is 0 Å². The smallest absolute Gasteiger partial charge is 0.0844 e. The number of hydrogen-bond acceptors (Lipinski definition) is 6. The van der Waals surface area contributed by atoms with Gasteiger partial charge in [0.05, 0.1) is 5.03 Å². The third-order valence-corrected chi connectivity index (χ3v) is 8.42. The maximum atomic E-state index is 5.49. The van der Waals surface area contributed by atoms with Crippen LogP contribution < -0.4 is 5.73 Å². The first-order valence-corrected chi connectivity index (χ1v) is 7.90. The van der Waals surface area contributed by atoms with E-state index >= 15 is 0 Å². The average molecular weight is 201 g/mol. The van der Waals surface area contributed by atoms with Gasteiger partial charge in [0.2, 0.25) is 0 Å². The molecule has 1 nitrogen and oxygen atoms in total. The zero-order chi connectivity index (χ0) is 5.82. The maximum absolute atomic E-state index is 5.49. The molecule has 1 aliphatic heterocycles. The van der Waals surface area contributed by atoms with Gasteiger partial charge in [-0.15, -0.1) is 0 Å². The molecule has 6 heteroatoms. The predicted molar refractivity (Wildman–Crippen MR) is 50.2 cm³/mol. The minimum absolute atomic E-state index is 0.900. The normalized spacial score (nSPS) is 21.8. The quantitative estimate of drug-likeness (QED) is 0.605. The molecule has 0 unspecified atom stereocenters. The van der Waals surface area contributed by atoms with E-state index < -0.39 is 0 Å². The third kappa shape index (κ3) is 2.72. The minimum Gasteiger partial charge on any atom is -0.392 e. The van der Waals surface area contributed by atoms with E-state index in [-0.39, 0.29) is 0 Å². The van der Waals surface area contributed by atoms with Gasteiger partial charge in [0.15, 0.2) is 0 Å². The fourth-order valence-corrected chi connectivity index (χ4v) is 8.08. The minimum atomic E-state index is 0.900. The lowest BCUT2D eigenvalue weighted by Crippen LogP contribution is -1.85. The largest absolute Gasteiger partial charge is 0.392 e. The van der Waals surface area contributed by atoms with Crippen LogP contribution >= 0.6 is 51.1 Å². The summed E-state index contributed by atoms with van der Waals surface area (Å²) < 4.78 is 0. The standard InChI is InChI=1S/C2H3NS5/c3-2-1-4-6-8-7-5-2/h1H,3H2. The first kappa shape index (κ1) is 7.40. The Kier molecular flexibility index (Phi) is 3.85. The van der Waals surface area contributed by atoms with E-state index in [2.05, 4.69) is 0 Å². The van der Waals surface area contributed by atoms with E-state index in [1.807, 2.05) is 5.41 Å². The fourth-order valence-electron chi connectivity index (χ4n) is 0.167. The maximum Gasteiger partial charge on any atom is 0.0844 e. The molecule has 0 saturated heterocycles. The van der Waals surface area contributed by atoms with Crippen LogP contribution in [0.3, 0.4) is 0 Å². The second kappa shape index (κ2) is 4.16. The molecule has 1 aliphatic rings. The highest BCUT2D eigenvalue weighted by molar-refractivity contribution is 9.36. The van der Waals surface area contributed by atoms with Gasteiger partial charge in [-0.25, -0.2) is 0 Å². The van der Waals surface area contributed by atoms with Gasteiger partial charge in [-0.3, -0.25) is 0 Å². The van der Waals surface area contributed by atoms with E-state index in [9.17, 15) is 0 Å². The lowest BCUT2D eigenvalue weighted by Gasteiger charge is -1.88. The lowest BCUT2D eigenvalue weighted by molar-refractivity contribution is 1.58. The van der Waals surface area contributed by atoms with Gasteiger partial charge in [0, 0.05) is 5.41 Å². The van der Waals surface area contributed by atoms with Crippen molar-refractivity contribution < 1.29 is 0 Å². The molecule has 2 N–H and O–H groups in total. The number of hydrogen-bond donors (Lipinski definition) is 1. The van der Waals surface area contributed by atoms with Crippen molar-refractivity contribution in [3.63, 3.8) is 0 Å². The molecule has 46 valence electrons. The van der Waals surface area contributed by atoms with Crippen LogP contribution in [0, 0.1) is 0 Å². The third-order valence-electron chi connectivity index (χ3n) is 0.389. The van der Waals surface area contributed by atoms with Crippen molar-refractivity contribution in [2.75, 3.05) is 0 Å². The fraction of sp³-hybridized carbons (Fsp3) is 0. The summed E-state index contributed by atoms with van der Waals surface area (Å²) >= 11 is 0. The molecule has 0 bridgehead atoms. The molecule has 8 heavy (non-hydrogen) atoms. The van der Waals surface area contributed by atoms with Gasteiger partial charge in [-0.05, 0) is 40.3 Å². The molecule has 0 radical (unpaired) electrons. The molecular weight excluding hydrogens is 198 g/mol. The van der Waals surface area contributed by atoms with Crippen LogP contribution in [-0.2, 0) is 0 Å². The molecule has 0 amide bonds. The SMILES string of the molecule is NC1=CSSSSS1. The molecule has 0 aromatic heterocycles. The molecule has 0 aromatic rings. The van der Waals surface area contributed by atoms with Gasteiger partial charge in [-0.2, -0.15) is 0 Å². The first-order chi connectivity index (χ1) is 3.89. The zero-order valence-corrected chi connectivity index (χ0v) is 7.78. The number of rotatable bonds is 0. The Hall–Kier alpha value is 1.29. The Labute approximate surface area is 67.0 Å². The van der Waals surface area contributed by atoms with E-state index in [4.69, 9.17) is 5.73 Å². The number of nitrogens with two attached hydrogens (primary N) is 1. The summed E-state index contributed by atoms with van der Waals surface area (Å²) in [5.74, 6) is 0. The Morgan fingerprint density at radius 1 is 1.25 bits per heavy atom. The summed E-state index contributed by atoms with van der Waals surface area (Å²) in [6.07, 6.45) is 0. The molecule has 0 fully saturated rings. The Bertz CT molecular complexity index is 101. The van der Waals surface area contributed by atoms with E-state index in [0.29, 0.717) is 0 Å². The van der Waals surface area contributed by atoms with Crippen LogP contribution in [-0.4, -0.2) is 0 Å². The topological polar surface area (TPSA) is 26.0 Å². The molecule has 0 atom stereocenters. The highest BCUT2D eigenvalue weighted by Crippen LogP contribution is 2.53. The monoisotopic (exact) mass is 201 g/mol. The van der Waals surface area contributed by atoms with Crippen molar-refractivity contribution in [2.24, 2.45) is 5.73 Å². The van der Waals surface area contributed by atoms with Crippen molar-refractivity contribution >= 4 is 51.1 Å². The van der Waals surface area contributed by atoms with Crippen LogP contribution in [0.1, 0.15) is 0 Å². The highest BCUT2D eigenvalue weighted by atomic mass is 33.8. The molecule has 1 rings (SSSR count). The highest BCUT2D eigenvalue weighted by Gasteiger charge is 1.99. The molecule has 0 saturated carbocycles. The molecule has 0 aliphatic carbocycles. The Balaban J connectivity index is 2.36. The van der Waals surface area contributed by atoms with E-state index in [0.717, 1.165) is 5.03 Å². The Morgan fingerprint density at radius 3 is 3.00 bits per heavy atom. The summed E-state index contributed by atoms with van der Waals surface area (Å²) in [4.78, 5) is 0.